The van der Waals surface area contributed by atoms with Crippen molar-refractivity contribution in [1.29, 1.82) is 0 Å². The van der Waals surface area contributed by atoms with Crippen LogP contribution in [-0.4, -0.2) is 32.3 Å². The van der Waals surface area contributed by atoms with Gasteiger partial charge in [-0.3, -0.25) is 9.59 Å². The van der Waals surface area contributed by atoms with E-state index in [-0.39, 0.29) is 18.0 Å². The number of carbonyl (C=O) groups excluding carboxylic acids is 1. The number of aromatic nitrogens is 3. The lowest BCUT2D eigenvalue weighted by atomic mass is 10.2. The molecule has 29 heavy (non-hydrogen) atoms. The predicted molar refractivity (Wildman–Crippen MR) is 117 cm³/mol. The van der Waals surface area contributed by atoms with E-state index < -0.39 is 0 Å². The second kappa shape index (κ2) is 8.14. The molecule has 0 bridgehead atoms. The first-order valence-electron chi connectivity index (χ1n) is 9.04. The van der Waals surface area contributed by atoms with Gasteiger partial charge in [0.15, 0.2) is 0 Å². The molecular weight excluding hydrogens is 408 g/mol. The Labute approximate surface area is 175 Å². The molecule has 4 aromatic rings. The number of hydrogen-bond acceptors (Lipinski definition) is 5. The summed E-state index contributed by atoms with van der Waals surface area (Å²) in [4.78, 5) is 38.2. The first kappa shape index (κ1) is 19.3. The molecule has 0 fully saturated rings. The third-order valence-corrected chi connectivity index (χ3v) is 5.67. The summed E-state index contributed by atoms with van der Waals surface area (Å²) in [7, 11) is 0. The van der Waals surface area contributed by atoms with Crippen molar-refractivity contribution in [3.8, 4) is 0 Å². The molecule has 0 unspecified atom stereocenters. The number of nitrogens with one attached hydrogen (secondary N) is 1. The first-order valence-corrected chi connectivity index (χ1v) is 10.2. The lowest BCUT2D eigenvalue weighted by molar-refractivity contribution is -0.126. The van der Waals surface area contributed by atoms with E-state index >= 15 is 0 Å². The second-order valence-corrected chi connectivity index (χ2v) is 7.88. The number of aromatic amines is 1. The monoisotopic (exact) mass is 424 g/mol. The standard InChI is InChI=1S/C21H17ClN4O2S/c1-2-26(12-18-23-16-11-13(22)7-8-14(16)21(28)25-18)20(27)10-9-19-24-15-5-3-4-6-17(15)29-19/h3-11H,2,12H2,1H3,(H,23,25,28). The number of thiazole rings is 1. The average Bonchev–Trinajstić information content (AvgIpc) is 3.13. The molecule has 8 heteroatoms. The van der Waals surface area contributed by atoms with Gasteiger partial charge in [-0.1, -0.05) is 23.7 Å². The summed E-state index contributed by atoms with van der Waals surface area (Å²) in [5, 5.41) is 1.73. The molecule has 4 rings (SSSR count). The molecule has 1 N–H and O–H groups in total. The van der Waals surface area contributed by atoms with E-state index in [0.717, 1.165) is 15.2 Å². The summed E-state index contributed by atoms with van der Waals surface area (Å²) < 4.78 is 1.07. The van der Waals surface area contributed by atoms with Crippen LogP contribution in [-0.2, 0) is 11.3 Å². The van der Waals surface area contributed by atoms with Gasteiger partial charge in [0.1, 0.15) is 10.8 Å². The molecule has 146 valence electrons. The maximum atomic E-state index is 12.6. The highest BCUT2D eigenvalue weighted by Gasteiger charge is 2.13. The zero-order chi connectivity index (χ0) is 20.4. The third-order valence-electron chi connectivity index (χ3n) is 4.43. The largest absolute Gasteiger partial charge is 0.332 e. The van der Waals surface area contributed by atoms with Crippen LogP contribution >= 0.6 is 22.9 Å². The zero-order valence-corrected chi connectivity index (χ0v) is 17.1. The van der Waals surface area contributed by atoms with Gasteiger partial charge in [0.2, 0.25) is 5.91 Å². The topological polar surface area (TPSA) is 79.0 Å². The van der Waals surface area contributed by atoms with Crippen LogP contribution in [0.1, 0.15) is 17.8 Å². The summed E-state index contributed by atoms with van der Waals surface area (Å²) in [6.07, 6.45) is 3.21. The highest BCUT2D eigenvalue weighted by Crippen LogP contribution is 2.22. The lowest BCUT2D eigenvalue weighted by Gasteiger charge is -2.18. The van der Waals surface area contributed by atoms with Crippen LogP contribution in [0.25, 0.3) is 27.2 Å². The van der Waals surface area contributed by atoms with Crippen molar-refractivity contribution in [2.75, 3.05) is 6.54 Å². The van der Waals surface area contributed by atoms with Crippen LogP contribution in [0, 0.1) is 0 Å². The zero-order valence-electron chi connectivity index (χ0n) is 15.6. The number of fused-ring (bicyclic) bond motifs is 2. The molecule has 0 aliphatic carbocycles. The molecule has 0 saturated heterocycles. The van der Waals surface area contributed by atoms with Gasteiger partial charge in [-0.2, -0.15) is 0 Å². The smallest absolute Gasteiger partial charge is 0.258 e. The highest BCUT2D eigenvalue weighted by atomic mass is 35.5. The van der Waals surface area contributed by atoms with E-state index in [0.29, 0.717) is 28.3 Å². The minimum atomic E-state index is -0.254. The van der Waals surface area contributed by atoms with E-state index in [1.165, 1.54) is 17.4 Å². The Morgan fingerprint density at radius 2 is 2.03 bits per heavy atom. The molecule has 1 amide bonds. The van der Waals surface area contributed by atoms with Gasteiger partial charge in [-0.05, 0) is 43.3 Å². The maximum Gasteiger partial charge on any atom is 0.258 e. The number of halogens is 1. The van der Waals surface area contributed by atoms with Crippen LogP contribution in [0.15, 0.2) is 53.3 Å². The Kier molecular flexibility index (Phi) is 5.42. The number of benzene rings is 2. The molecule has 2 aromatic carbocycles. The van der Waals surface area contributed by atoms with Gasteiger partial charge in [-0.15, -0.1) is 11.3 Å². The fourth-order valence-electron chi connectivity index (χ4n) is 2.97. The van der Waals surface area contributed by atoms with E-state index in [2.05, 4.69) is 15.0 Å². The Morgan fingerprint density at radius 3 is 2.83 bits per heavy atom. The van der Waals surface area contributed by atoms with E-state index in [1.807, 2.05) is 31.2 Å². The highest BCUT2D eigenvalue weighted by molar-refractivity contribution is 7.19. The molecule has 2 aromatic heterocycles. The Hall–Kier alpha value is -3.03. The molecule has 2 heterocycles. The Morgan fingerprint density at radius 1 is 1.21 bits per heavy atom. The molecule has 0 spiro atoms. The number of hydrogen-bond donors (Lipinski definition) is 1. The quantitative estimate of drug-likeness (QED) is 0.486. The van der Waals surface area contributed by atoms with E-state index in [4.69, 9.17) is 11.6 Å². The normalized spacial score (nSPS) is 11.5. The lowest BCUT2D eigenvalue weighted by Crippen LogP contribution is -2.30. The van der Waals surface area contributed by atoms with Crippen LogP contribution in [0.2, 0.25) is 5.02 Å². The summed E-state index contributed by atoms with van der Waals surface area (Å²) in [6.45, 7) is 2.54. The molecule has 0 atom stereocenters. The molecule has 0 aliphatic rings. The average molecular weight is 425 g/mol. The summed E-state index contributed by atoms with van der Waals surface area (Å²) in [6, 6.07) is 12.8. The minimum Gasteiger partial charge on any atom is -0.332 e. The number of likely N-dealkylation sites (N-methyl/N-ethyl adjacent to an activating group) is 1. The number of amides is 1. The first-order chi connectivity index (χ1) is 14.0. The predicted octanol–water partition coefficient (Wildman–Crippen LogP) is 4.25. The van der Waals surface area contributed by atoms with Crippen molar-refractivity contribution in [3.05, 3.63) is 74.7 Å². The van der Waals surface area contributed by atoms with Gasteiger partial charge in [-0.25, -0.2) is 9.97 Å². The van der Waals surface area contributed by atoms with Crippen molar-refractivity contribution in [3.63, 3.8) is 0 Å². The van der Waals surface area contributed by atoms with Crippen molar-refractivity contribution in [2.45, 2.75) is 13.5 Å². The van der Waals surface area contributed by atoms with Crippen molar-refractivity contribution in [2.24, 2.45) is 0 Å². The van der Waals surface area contributed by atoms with Crippen LogP contribution < -0.4 is 5.56 Å². The van der Waals surface area contributed by atoms with Crippen LogP contribution in [0.3, 0.4) is 0 Å². The Balaban J connectivity index is 1.54. The van der Waals surface area contributed by atoms with Gasteiger partial charge < -0.3 is 9.88 Å². The number of H-pyrrole nitrogens is 1. The van der Waals surface area contributed by atoms with Gasteiger partial charge in [0.25, 0.3) is 5.56 Å². The van der Waals surface area contributed by atoms with Gasteiger partial charge >= 0.3 is 0 Å². The van der Waals surface area contributed by atoms with Crippen LogP contribution in [0.5, 0.6) is 0 Å². The van der Waals surface area contributed by atoms with Crippen molar-refractivity contribution >= 4 is 56.0 Å². The van der Waals surface area contributed by atoms with E-state index in [9.17, 15) is 9.59 Å². The number of para-hydroxylation sites is 1. The summed E-state index contributed by atoms with van der Waals surface area (Å²) in [5.74, 6) is 0.231. The SMILES string of the molecule is CCN(Cc1nc2cc(Cl)ccc2c(=O)[nH]1)C(=O)C=Cc1nc2ccccc2s1. The minimum absolute atomic E-state index is 0.180. The molecule has 0 radical (unpaired) electrons. The van der Waals surface area contributed by atoms with Crippen molar-refractivity contribution < 1.29 is 4.79 Å². The Bertz CT molecular complexity index is 1260. The maximum absolute atomic E-state index is 12.6. The van der Waals surface area contributed by atoms with Crippen LogP contribution in [0.4, 0.5) is 0 Å². The fourth-order valence-corrected chi connectivity index (χ4v) is 4.01. The van der Waals surface area contributed by atoms with Crippen molar-refractivity contribution in [1.82, 2.24) is 19.9 Å². The van der Waals surface area contributed by atoms with E-state index in [1.54, 1.807) is 29.2 Å². The summed E-state index contributed by atoms with van der Waals surface area (Å²) in [5.41, 5.74) is 1.16. The molecule has 0 saturated carbocycles. The second-order valence-electron chi connectivity index (χ2n) is 6.38. The fraction of sp³-hybridized carbons (Fsp3) is 0.143. The molecule has 6 nitrogen and oxygen atoms in total. The number of nitrogens with zero attached hydrogens (tertiary/aromatic N) is 3. The third kappa shape index (κ3) is 4.21. The summed E-state index contributed by atoms with van der Waals surface area (Å²) >= 11 is 7.53. The number of rotatable bonds is 5. The van der Waals surface area contributed by atoms with Gasteiger partial charge in [0.05, 0.1) is 27.7 Å². The van der Waals surface area contributed by atoms with Gasteiger partial charge in [0, 0.05) is 17.6 Å². The molecule has 0 aliphatic heterocycles. The molecular formula is C21H17ClN4O2S. The number of carbonyl (C=O) groups is 1.